The molecular formula is C22H22N4O3. The number of hydrogen-bond acceptors (Lipinski definition) is 3. The zero-order chi connectivity index (χ0) is 20.8. The van der Waals surface area contributed by atoms with Crippen LogP contribution in [0.25, 0.3) is 33.3 Å². The lowest BCUT2D eigenvalue weighted by atomic mass is 10.0. The predicted molar refractivity (Wildman–Crippen MR) is 114 cm³/mol. The van der Waals surface area contributed by atoms with E-state index in [2.05, 4.69) is 16.3 Å². The van der Waals surface area contributed by atoms with Gasteiger partial charge < -0.3 is 5.11 Å². The Hall–Kier alpha value is -3.61. The second kappa shape index (κ2) is 6.77. The van der Waals surface area contributed by atoms with Gasteiger partial charge in [-0.25, -0.2) is 19.1 Å². The van der Waals surface area contributed by atoms with Gasteiger partial charge in [0.15, 0.2) is 5.65 Å². The highest BCUT2D eigenvalue weighted by Crippen LogP contribution is 2.28. The summed E-state index contributed by atoms with van der Waals surface area (Å²) >= 11 is 0. The first-order valence-electron chi connectivity index (χ1n) is 9.35. The van der Waals surface area contributed by atoms with Crippen molar-refractivity contribution >= 4 is 39.4 Å². The lowest BCUT2D eigenvalue weighted by Crippen LogP contribution is -2.44. The monoisotopic (exact) mass is 390 g/mol. The SMILES string of the molecule is CC(C)(C)N(C/C=C/c1cn2c(=O)[nH]nc2c2cc3ccccc3cc12)C(=O)O. The van der Waals surface area contributed by atoms with Crippen LogP contribution < -0.4 is 5.69 Å². The van der Waals surface area contributed by atoms with Gasteiger partial charge in [-0.3, -0.25) is 4.90 Å². The molecule has 0 saturated heterocycles. The van der Waals surface area contributed by atoms with Crippen LogP contribution in [0.15, 0.2) is 53.5 Å². The zero-order valence-corrected chi connectivity index (χ0v) is 16.5. The smallest absolute Gasteiger partial charge is 0.408 e. The molecule has 7 nitrogen and oxygen atoms in total. The molecule has 4 rings (SSSR count). The quantitative estimate of drug-likeness (QED) is 0.515. The first kappa shape index (κ1) is 18.7. The van der Waals surface area contributed by atoms with E-state index < -0.39 is 11.6 Å². The first-order valence-corrected chi connectivity index (χ1v) is 9.35. The number of pyridine rings is 1. The number of H-pyrrole nitrogens is 1. The molecule has 2 aromatic heterocycles. The van der Waals surface area contributed by atoms with Gasteiger partial charge in [0.2, 0.25) is 0 Å². The van der Waals surface area contributed by atoms with Crippen LogP contribution in [0.4, 0.5) is 4.79 Å². The number of hydrogen-bond donors (Lipinski definition) is 2. The van der Waals surface area contributed by atoms with Crippen molar-refractivity contribution in [1.82, 2.24) is 19.5 Å². The lowest BCUT2D eigenvalue weighted by molar-refractivity contribution is 0.108. The highest BCUT2D eigenvalue weighted by atomic mass is 16.4. The molecule has 0 aliphatic heterocycles. The zero-order valence-electron chi connectivity index (χ0n) is 16.5. The van der Waals surface area contributed by atoms with Crippen molar-refractivity contribution < 1.29 is 9.90 Å². The Labute approximate surface area is 166 Å². The van der Waals surface area contributed by atoms with Crippen LogP contribution in [0.2, 0.25) is 0 Å². The molecule has 1 amide bonds. The van der Waals surface area contributed by atoms with E-state index in [4.69, 9.17) is 0 Å². The lowest BCUT2D eigenvalue weighted by Gasteiger charge is -2.32. The van der Waals surface area contributed by atoms with E-state index in [1.807, 2.05) is 57.2 Å². The van der Waals surface area contributed by atoms with Gasteiger partial charge in [-0.2, -0.15) is 5.10 Å². The number of rotatable bonds is 3. The number of nitrogens with one attached hydrogen (secondary N) is 1. The third-order valence-corrected chi connectivity index (χ3v) is 5.04. The average Bonchev–Trinajstić information content (AvgIpc) is 3.03. The van der Waals surface area contributed by atoms with Crippen LogP contribution in [-0.4, -0.2) is 42.8 Å². The van der Waals surface area contributed by atoms with E-state index in [-0.39, 0.29) is 12.2 Å². The number of fused-ring (bicyclic) bond motifs is 4. The predicted octanol–water partition coefficient (Wildman–Crippen LogP) is 4.12. The fourth-order valence-electron chi connectivity index (χ4n) is 3.54. The average molecular weight is 390 g/mol. The molecular weight excluding hydrogens is 368 g/mol. The van der Waals surface area contributed by atoms with Crippen molar-refractivity contribution in [3.05, 3.63) is 64.7 Å². The fourth-order valence-corrected chi connectivity index (χ4v) is 3.54. The molecule has 0 saturated carbocycles. The second-order valence-electron chi connectivity index (χ2n) is 8.02. The van der Waals surface area contributed by atoms with Gasteiger partial charge >= 0.3 is 11.8 Å². The highest BCUT2D eigenvalue weighted by Gasteiger charge is 2.24. The minimum absolute atomic E-state index is 0.242. The molecule has 0 atom stereocenters. The van der Waals surface area contributed by atoms with Crippen LogP contribution in [0.1, 0.15) is 26.3 Å². The van der Waals surface area contributed by atoms with Crippen molar-refractivity contribution in [2.24, 2.45) is 0 Å². The molecule has 0 spiro atoms. The number of aromatic nitrogens is 3. The maximum Gasteiger partial charge on any atom is 0.408 e. The summed E-state index contributed by atoms with van der Waals surface area (Å²) in [6, 6.07) is 12.1. The molecule has 4 aromatic rings. The van der Waals surface area contributed by atoms with E-state index >= 15 is 0 Å². The molecule has 148 valence electrons. The summed E-state index contributed by atoms with van der Waals surface area (Å²) in [5.41, 5.74) is 0.558. The van der Waals surface area contributed by atoms with Crippen molar-refractivity contribution in [3.8, 4) is 0 Å². The van der Waals surface area contributed by atoms with Gasteiger partial charge in [0, 0.05) is 23.7 Å². The van der Waals surface area contributed by atoms with Crippen molar-refractivity contribution in [2.75, 3.05) is 6.54 Å². The van der Waals surface area contributed by atoms with Crippen molar-refractivity contribution in [2.45, 2.75) is 26.3 Å². The topological polar surface area (TPSA) is 90.7 Å². The minimum atomic E-state index is -0.973. The Balaban J connectivity index is 1.88. The molecule has 0 bridgehead atoms. The van der Waals surface area contributed by atoms with Crippen LogP contribution in [-0.2, 0) is 0 Å². The van der Waals surface area contributed by atoms with Gasteiger partial charge in [0.1, 0.15) is 0 Å². The minimum Gasteiger partial charge on any atom is -0.465 e. The van der Waals surface area contributed by atoms with Crippen LogP contribution in [0, 0.1) is 0 Å². The third kappa shape index (κ3) is 3.35. The van der Waals surface area contributed by atoms with Crippen LogP contribution in [0.5, 0.6) is 0 Å². The maximum atomic E-state index is 12.2. The van der Waals surface area contributed by atoms with Crippen LogP contribution >= 0.6 is 0 Å². The molecule has 0 aliphatic rings. The summed E-state index contributed by atoms with van der Waals surface area (Å²) in [5, 5.41) is 20.1. The summed E-state index contributed by atoms with van der Waals surface area (Å²) < 4.78 is 1.48. The van der Waals surface area contributed by atoms with Gasteiger partial charge in [-0.15, -0.1) is 0 Å². The molecule has 0 fully saturated rings. The van der Waals surface area contributed by atoms with Crippen LogP contribution in [0.3, 0.4) is 0 Å². The van der Waals surface area contributed by atoms with Gasteiger partial charge in [-0.1, -0.05) is 36.4 Å². The summed E-state index contributed by atoms with van der Waals surface area (Å²) in [6.07, 6.45) is 4.43. The number of carbonyl (C=O) groups is 1. The standard InChI is InChI=1S/C22H22N4O3/c1-22(2,3)26(21(28)29)10-6-9-16-13-25-19(23-24-20(25)27)18-12-15-8-5-4-7-14(15)11-17(16)18/h4-9,11-13H,10H2,1-3H3,(H,24,27)(H,28,29)/b9-6+. The van der Waals surface area contributed by atoms with E-state index in [9.17, 15) is 14.7 Å². The molecule has 0 aliphatic carbocycles. The molecule has 7 heteroatoms. The number of benzene rings is 2. The molecule has 29 heavy (non-hydrogen) atoms. The number of carboxylic acid groups (broad SMARTS) is 1. The summed E-state index contributed by atoms with van der Waals surface area (Å²) in [4.78, 5) is 25.1. The Bertz CT molecular complexity index is 1330. The normalized spacial score (nSPS) is 12.4. The van der Waals surface area contributed by atoms with Crippen molar-refractivity contribution in [1.29, 1.82) is 0 Å². The number of amides is 1. The van der Waals surface area contributed by atoms with E-state index in [0.717, 1.165) is 27.1 Å². The van der Waals surface area contributed by atoms with E-state index in [1.54, 1.807) is 12.3 Å². The largest absolute Gasteiger partial charge is 0.465 e. The first-order chi connectivity index (χ1) is 13.8. The van der Waals surface area contributed by atoms with E-state index in [0.29, 0.717) is 5.65 Å². The molecule has 2 N–H and O–H groups in total. The van der Waals surface area contributed by atoms with E-state index in [1.165, 1.54) is 9.30 Å². The number of nitrogens with zero attached hydrogens (tertiary/aromatic N) is 3. The van der Waals surface area contributed by atoms with Gasteiger partial charge in [-0.05, 0) is 54.6 Å². The molecule has 2 aromatic carbocycles. The third-order valence-electron chi connectivity index (χ3n) is 5.04. The highest BCUT2D eigenvalue weighted by molar-refractivity contribution is 6.06. The second-order valence-corrected chi connectivity index (χ2v) is 8.02. The Morgan fingerprint density at radius 1 is 1.21 bits per heavy atom. The summed E-state index contributed by atoms with van der Waals surface area (Å²) in [5.74, 6) is 0. The molecule has 0 radical (unpaired) electrons. The molecule has 0 unspecified atom stereocenters. The Morgan fingerprint density at radius 2 is 1.86 bits per heavy atom. The van der Waals surface area contributed by atoms with Gasteiger partial charge in [0.05, 0.1) is 0 Å². The van der Waals surface area contributed by atoms with Gasteiger partial charge in [0.25, 0.3) is 0 Å². The number of aromatic amines is 1. The summed E-state index contributed by atoms with van der Waals surface area (Å²) in [7, 11) is 0. The Morgan fingerprint density at radius 3 is 2.48 bits per heavy atom. The maximum absolute atomic E-state index is 12.2. The molecule has 2 heterocycles. The Kier molecular flexibility index (Phi) is 4.38. The fraction of sp³-hybridized carbons (Fsp3) is 0.227. The van der Waals surface area contributed by atoms with Crippen molar-refractivity contribution in [3.63, 3.8) is 0 Å². The summed E-state index contributed by atoms with van der Waals surface area (Å²) in [6.45, 7) is 5.81.